The van der Waals surface area contributed by atoms with Gasteiger partial charge in [-0.05, 0) is 42.7 Å². The molecular formula is C13H19F2NOS. The minimum Gasteiger partial charge on any atom is -0.387 e. The maximum atomic E-state index is 13.4. The summed E-state index contributed by atoms with van der Waals surface area (Å²) in [5.41, 5.74) is 0.0000181. The molecule has 2 N–H and O–H groups in total. The molecule has 0 aliphatic rings. The highest BCUT2D eigenvalue weighted by Crippen LogP contribution is 2.17. The van der Waals surface area contributed by atoms with Crippen molar-refractivity contribution >= 4 is 11.8 Å². The first-order chi connectivity index (χ1) is 8.54. The van der Waals surface area contributed by atoms with Gasteiger partial charge in [0.2, 0.25) is 0 Å². The van der Waals surface area contributed by atoms with E-state index in [-0.39, 0.29) is 12.1 Å². The molecule has 2 nitrogen and oxygen atoms in total. The van der Waals surface area contributed by atoms with Crippen LogP contribution in [0.2, 0.25) is 0 Å². The van der Waals surface area contributed by atoms with Crippen LogP contribution in [0, 0.1) is 17.6 Å². The van der Waals surface area contributed by atoms with Crippen LogP contribution in [0.25, 0.3) is 0 Å². The van der Waals surface area contributed by atoms with Gasteiger partial charge in [0.25, 0.3) is 0 Å². The number of nitrogens with one attached hydrogen (secondary N) is 1. The Labute approximate surface area is 111 Å². The van der Waals surface area contributed by atoms with Crippen LogP contribution in [0.4, 0.5) is 8.78 Å². The van der Waals surface area contributed by atoms with E-state index in [9.17, 15) is 13.9 Å². The van der Waals surface area contributed by atoms with Gasteiger partial charge in [-0.3, -0.25) is 0 Å². The first-order valence-electron chi connectivity index (χ1n) is 5.87. The summed E-state index contributed by atoms with van der Waals surface area (Å²) in [6.07, 6.45) is 1.01. The van der Waals surface area contributed by atoms with Crippen molar-refractivity contribution in [2.24, 2.45) is 5.92 Å². The fourth-order valence-corrected chi connectivity index (χ4v) is 2.38. The summed E-state index contributed by atoms with van der Waals surface area (Å²) in [7, 11) is 0. The quantitative estimate of drug-likeness (QED) is 0.802. The van der Waals surface area contributed by atoms with E-state index in [0.717, 1.165) is 30.5 Å². The summed E-state index contributed by atoms with van der Waals surface area (Å²) in [5.74, 6) is 0.380. The molecule has 0 saturated heterocycles. The molecule has 2 unspecified atom stereocenters. The molecule has 0 aromatic heterocycles. The normalized spacial score (nSPS) is 14.5. The summed E-state index contributed by atoms with van der Waals surface area (Å²) in [4.78, 5) is 0. The van der Waals surface area contributed by atoms with Crippen LogP contribution in [0.1, 0.15) is 18.6 Å². The van der Waals surface area contributed by atoms with Gasteiger partial charge in [-0.2, -0.15) is 11.8 Å². The molecule has 0 heterocycles. The van der Waals surface area contributed by atoms with Crippen molar-refractivity contribution in [3.63, 3.8) is 0 Å². The molecular weight excluding hydrogens is 256 g/mol. The van der Waals surface area contributed by atoms with E-state index in [1.807, 2.05) is 6.26 Å². The molecule has 102 valence electrons. The van der Waals surface area contributed by atoms with Gasteiger partial charge in [0.05, 0.1) is 6.10 Å². The lowest BCUT2D eigenvalue weighted by Gasteiger charge is -2.15. The molecule has 0 bridgehead atoms. The van der Waals surface area contributed by atoms with Crippen LogP contribution in [0.5, 0.6) is 0 Å². The first-order valence-corrected chi connectivity index (χ1v) is 7.26. The lowest BCUT2D eigenvalue weighted by molar-refractivity contribution is 0.168. The molecule has 1 rings (SSSR count). The predicted molar refractivity (Wildman–Crippen MR) is 71.7 cm³/mol. The minimum atomic E-state index is -1.03. The molecule has 0 radical (unpaired) electrons. The molecule has 1 aromatic rings. The van der Waals surface area contributed by atoms with Gasteiger partial charge in [0.15, 0.2) is 0 Å². The second-order valence-electron chi connectivity index (χ2n) is 4.40. The SMILES string of the molecule is CSCC(C)CNCC(O)c1cc(F)ccc1F. The number of hydrogen-bond donors (Lipinski definition) is 2. The summed E-state index contributed by atoms with van der Waals surface area (Å²) < 4.78 is 26.3. The third kappa shape index (κ3) is 4.92. The van der Waals surface area contributed by atoms with Crippen LogP contribution in [0.15, 0.2) is 18.2 Å². The zero-order valence-corrected chi connectivity index (χ0v) is 11.4. The molecule has 0 saturated carbocycles. The third-order valence-corrected chi connectivity index (χ3v) is 3.50. The number of thioether (sulfide) groups is 1. The number of aliphatic hydroxyl groups excluding tert-OH is 1. The topological polar surface area (TPSA) is 32.3 Å². The monoisotopic (exact) mass is 275 g/mol. The fourth-order valence-electron chi connectivity index (χ4n) is 1.69. The maximum absolute atomic E-state index is 13.4. The second-order valence-corrected chi connectivity index (χ2v) is 5.31. The van der Waals surface area contributed by atoms with E-state index in [1.165, 1.54) is 0 Å². The van der Waals surface area contributed by atoms with E-state index < -0.39 is 17.7 Å². The highest BCUT2D eigenvalue weighted by molar-refractivity contribution is 7.98. The molecule has 0 amide bonds. The highest BCUT2D eigenvalue weighted by Gasteiger charge is 2.13. The number of benzene rings is 1. The lowest BCUT2D eigenvalue weighted by atomic mass is 10.1. The predicted octanol–water partition coefficient (Wildman–Crippen LogP) is 2.59. The molecule has 0 aliphatic carbocycles. The van der Waals surface area contributed by atoms with Crippen LogP contribution in [0.3, 0.4) is 0 Å². The van der Waals surface area contributed by atoms with Gasteiger partial charge in [-0.1, -0.05) is 6.92 Å². The lowest BCUT2D eigenvalue weighted by Crippen LogP contribution is -2.27. The first kappa shape index (κ1) is 15.4. The van der Waals surface area contributed by atoms with E-state index >= 15 is 0 Å². The van der Waals surface area contributed by atoms with Gasteiger partial charge >= 0.3 is 0 Å². The summed E-state index contributed by atoms with van der Waals surface area (Å²) in [5, 5.41) is 12.9. The molecule has 0 spiro atoms. The van der Waals surface area contributed by atoms with Gasteiger partial charge < -0.3 is 10.4 Å². The van der Waals surface area contributed by atoms with Gasteiger partial charge in [-0.15, -0.1) is 0 Å². The number of aliphatic hydroxyl groups is 1. The second kappa shape index (κ2) is 7.71. The summed E-state index contributed by atoms with van der Waals surface area (Å²) >= 11 is 1.76. The van der Waals surface area contributed by atoms with E-state index in [1.54, 1.807) is 11.8 Å². The summed E-state index contributed by atoms with van der Waals surface area (Å²) in [6, 6.07) is 3.11. The van der Waals surface area contributed by atoms with Gasteiger partial charge in [0, 0.05) is 12.1 Å². The average molecular weight is 275 g/mol. The van der Waals surface area contributed by atoms with E-state index in [4.69, 9.17) is 0 Å². The Bertz CT molecular complexity index is 376. The standard InChI is InChI=1S/C13H19F2NOS/c1-9(8-18-2)6-16-7-13(17)11-5-10(14)3-4-12(11)15/h3-5,9,13,16-17H,6-8H2,1-2H3. The van der Waals surface area contributed by atoms with Crippen LogP contribution < -0.4 is 5.32 Å². The van der Waals surface area contributed by atoms with Crippen molar-refractivity contribution in [1.29, 1.82) is 0 Å². The smallest absolute Gasteiger partial charge is 0.129 e. The Kier molecular flexibility index (Phi) is 6.60. The Morgan fingerprint density at radius 1 is 1.33 bits per heavy atom. The molecule has 1 aromatic carbocycles. The van der Waals surface area contributed by atoms with Gasteiger partial charge in [-0.25, -0.2) is 8.78 Å². The minimum absolute atomic E-state index is 0.0000181. The van der Waals surface area contributed by atoms with Crippen molar-refractivity contribution in [2.75, 3.05) is 25.1 Å². The van der Waals surface area contributed by atoms with Gasteiger partial charge in [0.1, 0.15) is 11.6 Å². The summed E-state index contributed by atoms with van der Waals surface area (Å²) in [6.45, 7) is 3.06. The number of hydrogen-bond acceptors (Lipinski definition) is 3. The number of halogens is 2. The van der Waals surface area contributed by atoms with Crippen molar-refractivity contribution in [1.82, 2.24) is 5.32 Å². The van der Waals surface area contributed by atoms with Crippen LogP contribution in [-0.4, -0.2) is 30.2 Å². The Hall–Kier alpha value is -0.650. The maximum Gasteiger partial charge on any atom is 0.129 e. The van der Waals surface area contributed by atoms with Crippen LogP contribution in [-0.2, 0) is 0 Å². The van der Waals surface area contributed by atoms with Crippen molar-refractivity contribution in [3.05, 3.63) is 35.4 Å². The zero-order chi connectivity index (χ0) is 13.5. The largest absolute Gasteiger partial charge is 0.387 e. The highest BCUT2D eigenvalue weighted by atomic mass is 32.2. The molecule has 5 heteroatoms. The third-order valence-electron chi connectivity index (χ3n) is 2.60. The number of rotatable bonds is 7. The van der Waals surface area contributed by atoms with E-state index in [2.05, 4.69) is 12.2 Å². The van der Waals surface area contributed by atoms with E-state index in [0.29, 0.717) is 5.92 Å². The average Bonchev–Trinajstić information content (AvgIpc) is 2.32. The van der Waals surface area contributed by atoms with Crippen LogP contribution >= 0.6 is 11.8 Å². The Morgan fingerprint density at radius 2 is 2.06 bits per heavy atom. The Balaban J connectivity index is 2.45. The molecule has 0 aliphatic heterocycles. The van der Waals surface area contributed by atoms with Crippen molar-refractivity contribution in [2.45, 2.75) is 13.0 Å². The van der Waals surface area contributed by atoms with Crippen molar-refractivity contribution < 1.29 is 13.9 Å². The molecule has 18 heavy (non-hydrogen) atoms. The van der Waals surface area contributed by atoms with Crippen molar-refractivity contribution in [3.8, 4) is 0 Å². The Morgan fingerprint density at radius 3 is 2.72 bits per heavy atom. The fraction of sp³-hybridized carbons (Fsp3) is 0.538. The molecule has 0 fully saturated rings. The molecule has 2 atom stereocenters. The zero-order valence-electron chi connectivity index (χ0n) is 10.6.